The molecule has 1 N–H and O–H groups in total. The van der Waals surface area contributed by atoms with Crippen molar-refractivity contribution in [2.45, 2.75) is 52.1 Å². The number of pyridine rings is 2. The first-order chi connectivity index (χ1) is 15.2. The molecule has 0 aliphatic carbocycles. The Kier molecular flexibility index (Phi) is 6.11. The molecule has 1 saturated heterocycles. The van der Waals surface area contributed by atoms with Crippen molar-refractivity contribution in [1.82, 2.24) is 14.9 Å². The van der Waals surface area contributed by atoms with Crippen molar-refractivity contribution in [2.24, 2.45) is 0 Å². The molecule has 0 atom stereocenters. The number of benzene rings is 1. The maximum Gasteiger partial charge on any atom is 0.253 e. The van der Waals surface area contributed by atoms with Gasteiger partial charge in [-0.15, -0.1) is 0 Å². The summed E-state index contributed by atoms with van der Waals surface area (Å²) in [5.74, 6) is 0.0323. The van der Waals surface area contributed by atoms with E-state index in [1.165, 1.54) is 0 Å². The summed E-state index contributed by atoms with van der Waals surface area (Å²) in [6.07, 6.45) is 6.60. The van der Waals surface area contributed by atoms with Crippen molar-refractivity contribution in [3.05, 3.63) is 71.8 Å². The number of aryl methyl sites for hydroxylation is 1. The van der Waals surface area contributed by atoms with Crippen LogP contribution in [0.15, 0.2) is 55.0 Å². The van der Waals surface area contributed by atoms with Crippen LogP contribution >= 0.6 is 0 Å². The fraction of sp³-hybridized carbons (Fsp3) is 0.370. The van der Waals surface area contributed by atoms with Gasteiger partial charge in [0.1, 0.15) is 0 Å². The van der Waals surface area contributed by atoms with Crippen LogP contribution < -0.4 is 0 Å². The van der Waals surface area contributed by atoms with E-state index in [4.69, 9.17) is 0 Å². The van der Waals surface area contributed by atoms with Crippen molar-refractivity contribution >= 4 is 5.91 Å². The zero-order valence-corrected chi connectivity index (χ0v) is 19.3. The SMILES string of the molecule is Cc1cc(C(=O)N2CCC(O)CC2)ccc1-c1cncc(-c2ccnc(C(C)(C)C)c2)c1. The molecule has 0 spiro atoms. The van der Waals surface area contributed by atoms with Gasteiger partial charge >= 0.3 is 0 Å². The highest BCUT2D eigenvalue weighted by molar-refractivity contribution is 5.95. The predicted octanol–water partition coefficient (Wildman–Crippen LogP) is 5.01. The summed E-state index contributed by atoms with van der Waals surface area (Å²) >= 11 is 0. The predicted molar refractivity (Wildman–Crippen MR) is 127 cm³/mol. The minimum atomic E-state index is -0.289. The third-order valence-corrected chi connectivity index (χ3v) is 6.14. The molecule has 166 valence electrons. The first-order valence-electron chi connectivity index (χ1n) is 11.2. The first kappa shape index (κ1) is 22.2. The Morgan fingerprint density at radius 2 is 1.72 bits per heavy atom. The molecule has 2 aromatic heterocycles. The van der Waals surface area contributed by atoms with Crippen LogP contribution in [0, 0.1) is 6.92 Å². The van der Waals surface area contributed by atoms with E-state index in [1.807, 2.05) is 54.7 Å². The summed E-state index contributed by atoms with van der Waals surface area (Å²) in [5, 5.41) is 9.70. The quantitative estimate of drug-likeness (QED) is 0.635. The molecular formula is C27H31N3O2. The molecule has 0 saturated carbocycles. The van der Waals surface area contributed by atoms with Gasteiger partial charge in [0.15, 0.2) is 0 Å². The van der Waals surface area contributed by atoms with Crippen molar-refractivity contribution in [2.75, 3.05) is 13.1 Å². The standard InChI is InChI=1S/C27H31N3O2/c1-18-13-20(26(32)30-11-8-23(31)9-12-30)5-6-24(18)22-14-21(16-28-17-22)19-7-10-29-25(15-19)27(2,3)4/h5-7,10,13-17,23,31H,8-9,11-12H2,1-4H3. The van der Waals surface area contributed by atoms with E-state index in [0.717, 1.165) is 33.5 Å². The van der Waals surface area contributed by atoms with Gasteiger partial charge in [-0.2, -0.15) is 0 Å². The molecular weight excluding hydrogens is 398 g/mol. The van der Waals surface area contributed by atoms with E-state index in [0.29, 0.717) is 31.5 Å². The maximum atomic E-state index is 12.9. The number of aliphatic hydroxyl groups is 1. The van der Waals surface area contributed by atoms with Gasteiger partial charge in [0.2, 0.25) is 0 Å². The molecule has 4 rings (SSSR count). The van der Waals surface area contributed by atoms with Gasteiger partial charge in [0.25, 0.3) is 5.91 Å². The molecule has 5 heteroatoms. The second-order valence-electron chi connectivity index (χ2n) is 9.70. The lowest BCUT2D eigenvalue weighted by Gasteiger charge is -2.29. The number of carbonyl (C=O) groups excluding carboxylic acids is 1. The van der Waals surface area contributed by atoms with Gasteiger partial charge in [-0.25, -0.2) is 0 Å². The Bertz CT molecular complexity index is 1130. The van der Waals surface area contributed by atoms with Crippen LogP contribution in [0.2, 0.25) is 0 Å². The highest BCUT2D eigenvalue weighted by Crippen LogP contribution is 2.30. The number of amides is 1. The second kappa shape index (κ2) is 8.83. The summed E-state index contributed by atoms with van der Waals surface area (Å²) in [5.41, 5.74) is 6.98. The number of nitrogens with zero attached hydrogens (tertiary/aromatic N) is 3. The molecule has 5 nitrogen and oxygen atoms in total. The zero-order valence-electron chi connectivity index (χ0n) is 19.3. The summed E-state index contributed by atoms with van der Waals surface area (Å²) in [4.78, 5) is 23.7. The third-order valence-electron chi connectivity index (χ3n) is 6.14. The van der Waals surface area contributed by atoms with Crippen LogP contribution in [-0.2, 0) is 5.41 Å². The summed E-state index contributed by atoms with van der Waals surface area (Å²) in [6, 6.07) is 12.1. The highest BCUT2D eigenvalue weighted by Gasteiger charge is 2.23. The average molecular weight is 430 g/mol. The van der Waals surface area contributed by atoms with E-state index >= 15 is 0 Å². The number of rotatable bonds is 3. The van der Waals surface area contributed by atoms with Gasteiger partial charge in [0, 0.05) is 59.5 Å². The topological polar surface area (TPSA) is 66.3 Å². The monoisotopic (exact) mass is 429 g/mol. The summed E-state index contributed by atoms with van der Waals surface area (Å²) in [6.45, 7) is 9.72. The molecule has 1 aromatic carbocycles. The molecule has 1 amide bonds. The number of likely N-dealkylation sites (tertiary alicyclic amines) is 1. The molecule has 3 heterocycles. The number of piperidine rings is 1. The fourth-order valence-corrected chi connectivity index (χ4v) is 4.14. The molecule has 3 aromatic rings. The normalized spacial score (nSPS) is 15.1. The Balaban J connectivity index is 1.60. The largest absolute Gasteiger partial charge is 0.393 e. The Morgan fingerprint density at radius 1 is 1.00 bits per heavy atom. The van der Waals surface area contributed by atoms with Crippen LogP contribution in [0.3, 0.4) is 0 Å². The van der Waals surface area contributed by atoms with E-state index in [1.54, 1.807) is 0 Å². The maximum absolute atomic E-state index is 12.9. The summed E-state index contributed by atoms with van der Waals surface area (Å²) < 4.78 is 0. The zero-order chi connectivity index (χ0) is 22.9. The van der Waals surface area contributed by atoms with E-state index in [2.05, 4.69) is 42.9 Å². The molecule has 1 fully saturated rings. The molecule has 32 heavy (non-hydrogen) atoms. The average Bonchev–Trinajstić information content (AvgIpc) is 2.78. The lowest BCUT2D eigenvalue weighted by atomic mass is 9.90. The van der Waals surface area contributed by atoms with Crippen molar-refractivity contribution in [3.8, 4) is 22.3 Å². The number of hydrogen-bond acceptors (Lipinski definition) is 4. The molecule has 0 unspecified atom stereocenters. The molecule has 1 aliphatic rings. The number of aliphatic hydroxyl groups excluding tert-OH is 1. The van der Waals surface area contributed by atoms with Gasteiger partial charge in [0.05, 0.1) is 6.10 Å². The smallest absolute Gasteiger partial charge is 0.253 e. The van der Waals surface area contributed by atoms with Crippen LogP contribution in [-0.4, -0.2) is 45.1 Å². The van der Waals surface area contributed by atoms with Crippen molar-refractivity contribution in [1.29, 1.82) is 0 Å². The lowest BCUT2D eigenvalue weighted by molar-refractivity contribution is 0.0546. The minimum Gasteiger partial charge on any atom is -0.393 e. The van der Waals surface area contributed by atoms with Gasteiger partial charge in [-0.1, -0.05) is 26.8 Å². The summed E-state index contributed by atoms with van der Waals surface area (Å²) in [7, 11) is 0. The minimum absolute atomic E-state index is 0.0214. The van der Waals surface area contributed by atoms with Crippen molar-refractivity contribution < 1.29 is 9.90 Å². The van der Waals surface area contributed by atoms with Crippen LogP contribution in [0.25, 0.3) is 22.3 Å². The number of carbonyl (C=O) groups is 1. The fourth-order valence-electron chi connectivity index (χ4n) is 4.14. The van der Waals surface area contributed by atoms with Gasteiger partial charge < -0.3 is 10.0 Å². The Hall–Kier alpha value is -3.05. The van der Waals surface area contributed by atoms with Crippen LogP contribution in [0.1, 0.15) is 55.2 Å². The third kappa shape index (κ3) is 4.73. The van der Waals surface area contributed by atoms with Gasteiger partial charge in [-0.3, -0.25) is 14.8 Å². The Labute approximate surface area is 190 Å². The van der Waals surface area contributed by atoms with E-state index in [9.17, 15) is 9.90 Å². The number of hydrogen-bond donors (Lipinski definition) is 1. The van der Waals surface area contributed by atoms with Gasteiger partial charge in [-0.05, 0) is 66.8 Å². The second-order valence-corrected chi connectivity index (χ2v) is 9.70. The van der Waals surface area contributed by atoms with Crippen LogP contribution in [0.5, 0.6) is 0 Å². The van der Waals surface area contributed by atoms with E-state index in [-0.39, 0.29) is 17.4 Å². The highest BCUT2D eigenvalue weighted by atomic mass is 16.3. The number of aromatic nitrogens is 2. The van der Waals surface area contributed by atoms with E-state index < -0.39 is 0 Å². The Morgan fingerprint density at radius 3 is 2.41 bits per heavy atom. The first-order valence-corrected chi connectivity index (χ1v) is 11.2. The molecule has 0 bridgehead atoms. The molecule has 0 radical (unpaired) electrons. The molecule has 1 aliphatic heterocycles. The lowest BCUT2D eigenvalue weighted by Crippen LogP contribution is -2.40. The van der Waals surface area contributed by atoms with Crippen LogP contribution in [0.4, 0.5) is 0 Å². The van der Waals surface area contributed by atoms with Crippen molar-refractivity contribution in [3.63, 3.8) is 0 Å².